The fourth-order valence-electron chi connectivity index (χ4n) is 1.59. The third kappa shape index (κ3) is 3.56. The molecule has 2 aromatic carbocycles. The van der Waals surface area contributed by atoms with Crippen LogP contribution in [0.15, 0.2) is 51.8 Å². The third-order valence-corrected chi connectivity index (χ3v) is 3.98. The monoisotopic (exact) mass is 359 g/mol. The number of halogens is 2. The molecule has 0 amide bonds. The van der Waals surface area contributed by atoms with E-state index in [1.165, 1.54) is 18.2 Å². The van der Waals surface area contributed by atoms with Gasteiger partial charge in [0.25, 0.3) is 0 Å². The van der Waals surface area contributed by atoms with Crippen LogP contribution in [-0.4, -0.2) is 8.42 Å². The normalized spacial score (nSPS) is 11.3. The van der Waals surface area contributed by atoms with Gasteiger partial charge in [0.05, 0.1) is 0 Å². The molecular weight excluding hydrogens is 349 g/mol. The van der Waals surface area contributed by atoms with Crippen molar-refractivity contribution in [2.24, 2.45) is 5.14 Å². The van der Waals surface area contributed by atoms with E-state index in [1.807, 2.05) is 0 Å². The van der Waals surface area contributed by atoms with E-state index in [-0.39, 0.29) is 17.3 Å². The Morgan fingerprint density at radius 2 is 1.90 bits per heavy atom. The van der Waals surface area contributed by atoms with E-state index in [9.17, 15) is 12.8 Å². The van der Waals surface area contributed by atoms with E-state index in [4.69, 9.17) is 9.88 Å². The lowest BCUT2D eigenvalue weighted by molar-refractivity contribution is 0.292. The van der Waals surface area contributed by atoms with Crippen LogP contribution < -0.4 is 9.88 Å². The number of hydrogen-bond donors (Lipinski definition) is 1. The van der Waals surface area contributed by atoms with Crippen molar-refractivity contribution in [3.8, 4) is 5.75 Å². The van der Waals surface area contributed by atoms with Crippen LogP contribution in [0.2, 0.25) is 0 Å². The van der Waals surface area contributed by atoms with Crippen LogP contribution in [0.3, 0.4) is 0 Å². The van der Waals surface area contributed by atoms with Gasteiger partial charge >= 0.3 is 0 Å². The first-order chi connectivity index (χ1) is 9.38. The summed E-state index contributed by atoms with van der Waals surface area (Å²) in [4.78, 5) is -0.150. The molecule has 0 spiro atoms. The maximum absolute atomic E-state index is 13.5. The van der Waals surface area contributed by atoms with Gasteiger partial charge in [0.1, 0.15) is 23.1 Å². The highest BCUT2D eigenvalue weighted by Crippen LogP contribution is 2.27. The summed E-state index contributed by atoms with van der Waals surface area (Å²) in [6.07, 6.45) is 0. The lowest BCUT2D eigenvalue weighted by atomic mass is 10.2. The van der Waals surface area contributed by atoms with Crippen LogP contribution in [0.4, 0.5) is 4.39 Å². The summed E-state index contributed by atoms with van der Waals surface area (Å²) >= 11 is 3.16. The summed E-state index contributed by atoms with van der Waals surface area (Å²) < 4.78 is 42.4. The highest BCUT2D eigenvalue weighted by Gasteiger charge is 2.16. The van der Waals surface area contributed by atoms with Crippen LogP contribution >= 0.6 is 15.9 Å². The summed E-state index contributed by atoms with van der Waals surface area (Å²) in [6, 6.07) is 10.5. The Labute approximate surface area is 124 Å². The van der Waals surface area contributed by atoms with Crippen molar-refractivity contribution < 1.29 is 17.5 Å². The molecule has 0 aromatic heterocycles. The summed E-state index contributed by atoms with van der Waals surface area (Å²) in [7, 11) is -3.92. The first kappa shape index (κ1) is 15.0. The molecule has 7 heteroatoms. The molecule has 4 nitrogen and oxygen atoms in total. The highest BCUT2D eigenvalue weighted by molar-refractivity contribution is 9.10. The highest BCUT2D eigenvalue weighted by atomic mass is 79.9. The summed E-state index contributed by atoms with van der Waals surface area (Å²) in [5.74, 6) is -0.333. The molecule has 2 rings (SSSR count). The van der Waals surface area contributed by atoms with E-state index in [0.717, 1.165) is 0 Å². The minimum Gasteiger partial charge on any atom is -0.487 e. The molecule has 20 heavy (non-hydrogen) atoms. The standard InChI is InChI=1S/C13H11BrFNO3S/c14-10-5-6-12(13(7-10)20(16,17)18)19-8-9-3-1-2-4-11(9)15/h1-7H,8H2,(H2,16,17,18). The molecule has 0 unspecified atom stereocenters. The number of ether oxygens (including phenoxy) is 1. The number of sulfonamides is 1. The summed E-state index contributed by atoms with van der Waals surface area (Å²) in [5.41, 5.74) is 0.329. The van der Waals surface area contributed by atoms with Gasteiger partial charge in [0, 0.05) is 10.0 Å². The Morgan fingerprint density at radius 1 is 1.20 bits per heavy atom. The summed E-state index contributed by atoms with van der Waals surface area (Å²) in [6.45, 7) is -0.0865. The fraction of sp³-hybridized carbons (Fsp3) is 0.0769. The van der Waals surface area contributed by atoms with Gasteiger partial charge in [0.2, 0.25) is 10.0 Å². The SMILES string of the molecule is NS(=O)(=O)c1cc(Br)ccc1OCc1ccccc1F. The smallest absolute Gasteiger partial charge is 0.241 e. The maximum atomic E-state index is 13.5. The number of primary sulfonamides is 1. The first-order valence-corrected chi connectivity index (χ1v) is 7.90. The Balaban J connectivity index is 2.29. The van der Waals surface area contributed by atoms with Crippen LogP contribution in [0.25, 0.3) is 0 Å². The molecule has 0 radical (unpaired) electrons. The minimum absolute atomic E-state index is 0.0824. The van der Waals surface area contributed by atoms with Gasteiger partial charge < -0.3 is 4.74 Å². The van der Waals surface area contributed by atoms with E-state index in [2.05, 4.69) is 15.9 Å². The first-order valence-electron chi connectivity index (χ1n) is 5.56. The molecule has 0 saturated carbocycles. The van der Waals surface area contributed by atoms with Gasteiger partial charge in [-0.3, -0.25) is 0 Å². The average molecular weight is 360 g/mol. The molecular formula is C13H11BrFNO3S. The van der Waals surface area contributed by atoms with E-state index >= 15 is 0 Å². The van der Waals surface area contributed by atoms with Gasteiger partial charge in [-0.25, -0.2) is 17.9 Å². The van der Waals surface area contributed by atoms with Crippen LogP contribution in [-0.2, 0) is 16.6 Å². The van der Waals surface area contributed by atoms with Gasteiger partial charge in [-0.1, -0.05) is 34.1 Å². The lowest BCUT2D eigenvalue weighted by Crippen LogP contribution is -2.14. The van der Waals surface area contributed by atoms with Gasteiger partial charge in [-0.15, -0.1) is 0 Å². The Hall–Kier alpha value is -1.44. The van der Waals surface area contributed by atoms with E-state index < -0.39 is 15.8 Å². The van der Waals surface area contributed by atoms with Crippen LogP contribution in [0.1, 0.15) is 5.56 Å². The molecule has 0 heterocycles. The molecule has 106 valence electrons. The van der Waals surface area contributed by atoms with Crippen molar-refractivity contribution in [1.82, 2.24) is 0 Å². The molecule has 0 aliphatic heterocycles. The van der Waals surface area contributed by atoms with Crippen molar-refractivity contribution in [3.05, 3.63) is 58.3 Å². The second kappa shape index (κ2) is 5.90. The second-order valence-electron chi connectivity index (χ2n) is 4.02. The third-order valence-electron chi connectivity index (χ3n) is 2.55. The molecule has 2 N–H and O–H groups in total. The number of nitrogens with two attached hydrogens (primary N) is 1. The molecule has 0 aliphatic carbocycles. The Kier molecular flexibility index (Phi) is 4.42. The van der Waals surface area contributed by atoms with E-state index in [1.54, 1.807) is 24.3 Å². The van der Waals surface area contributed by atoms with Crippen LogP contribution in [0.5, 0.6) is 5.75 Å². The molecule has 0 bridgehead atoms. The zero-order valence-electron chi connectivity index (χ0n) is 10.2. The van der Waals surface area contributed by atoms with Gasteiger partial charge in [0.15, 0.2) is 0 Å². The zero-order chi connectivity index (χ0) is 14.8. The van der Waals surface area contributed by atoms with Gasteiger partial charge in [-0.2, -0.15) is 0 Å². The zero-order valence-corrected chi connectivity index (χ0v) is 12.6. The van der Waals surface area contributed by atoms with E-state index in [0.29, 0.717) is 10.0 Å². The lowest BCUT2D eigenvalue weighted by Gasteiger charge is -2.11. The van der Waals surface area contributed by atoms with Crippen molar-refractivity contribution in [2.45, 2.75) is 11.5 Å². The number of benzene rings is 2. The van der Waals surface area contributed by atoms with Gasteiger partial charge in [-0.05, 0) is 24.3 Å². The largest absolute Gasteiger partial charge is 0.487 e. The fourth-order valence-corrected chi connectivity index (χ4v) is 2.81. The maximum Gasteiger partial charge on any atom is 0.241 e. The summed E-state index contributed by atoms with van der Waals surface area (Å²) in [5, 5.41) is 5.12. The van der Waals surface area contributed by atoms with Crippen LogP contribution in [0, 0.1) is 5.82 Å². The number of hydrogen-bond acceptors (Lipinski definition) is 3. The van der Waals surface area contributed by atoms with Crippen molar-refractivity contribution in [2.75, 3.05) is 0 Å². The minimum atomic E-state index is -3.92. The van der Waals surface area contributed by atoms with Crippen molar-refractivity contribution in [3.63, 3.8) is 0 Å². The molecule has 2 aromatic rings. The quantitative estimate of drug-likeness (QED) is 0.912. The van der Waals surface area contributed by atoms with Crippen molar-refractivity contribution in [1.29, 1.82) is 0 Å². The number of rotatable bonds is 4. The Bertz CT molecular complexity index is 734. The van der Waals surface area contributed by atoms with Crippen molar-refractivity contribution >= 4 is 26.0 Å². The molecule has 0 fully saturated rings. The predicted octanol–water partition coefficient (Wildman–Crippen LogP) is 2.81. The topological polar surface area (TPSA) is 69.4 Å². The molecule has 0 aliphatic rings. The molecule has 0 saturated heterocycles. The average Bonchev–Trinajstić information content (AvgIpc) is 2.38. The predicted molar refractivity (Wildman–Crippen MR) is 76.2 cm³/mol. The Morgan fingerprint density at radius 3 is 2.55 bits per heavy atom. The molecule has 0 atom stereocenters. The second-order valence-corrected chi connectivity index (χ2v) is 6.46.